The van der Waals surface area contributed by atoms with Gasteiger partial charge in [0.05, 0.1) is 0 Å². The van der Waals surface area contributed by atoms with E-state index in [0.29, 0.717) is 0 Å². The van der Waals surface area contributed by atoms with Gasteiger partial charge >= 0.3 is 5.97 Å². The summed E-state index contributed by atoms with van der Waals surface area (Å²) in [6.45, 7) is 1.30. The van der Waals surface area contributed by atoms with E-state index in [1.54, 1.807) is 0 Å². The van der Waals surface area contributed by atoms with E-state index in [4.69, 9.17) is 15.6 Å². The Kier molecular flexibility index (Phi) is 4.42. The highest BCUT2D eigenvalue weighted by Gasteiger charge is 2.14. The second kappa shape index (κ2) is 5.81. The van der Waals surface area contributed by atoms with Crippen LogP contribution in [0.5, 0.6) is 5.75 Å². The van der Waals surface area contributed by atoms with Crippen LogP contribution in [0.1, 0.15) is 17.3 Å². The minimum atomic E-state index is -1.08. The summed E-state index contributed by atoms with van der Waals surface area (Å²) in [6.07, 6.45) is 1.30. The molecule has 0 unspecified atom stereocenters. The Hall–Kier alpha value is -2.37. The molecule has 0 aromatic heterocycles. The Bertz CT molecular complexity index is 511. The maximum atomic E-state index is 13.3. The van der Waals surface area contributed by atoms with Crippen LogP contribution in [0.4, 0.5) is 4.39 Å². The van der Waals surface area contributed by atoms with Crippen LogP contribution in [-0.2, 0) is 4.79 Å². The van der Waals surface area contributed by atoms with E-state index < -0.39 is 17.7 Å². The molecule has 0 aliphatic heterocycles. The lowest BCUT2D eigenvalue weighted by molar-refractivity contribution is -0.132. The molecule has 0 atom stereocenters. The van der Waals surface area contributed by atoms with Crippen molar-refractivity contribution in [1.82, 2.24) is 0 Å². The Morgan fingerprint density at radius 3 is 2.72 bits per heavy atom. The molecule has 1 aromatic rings. The summed E-state index contributed by atoms with van der Waals surface area (Å²) < 4.78 is 18.4. The predicted molar refractivity (Wildman–Crippen MR) is 61.8 cm³/mol. The van der Waals surface area contributed by atoms with Gasteiger partial charge in [-0.25, -0.2) is 9.18 Å². The highest BCUT2D eigenvalue weighted by Crippen LogP contribution is 2.20. The minimum Gasteiger partial charge on any atom is -0.489 e. The van der Waals surface area contributed by atoms with Crippen molar-refractivity contribution in [1.29, 1.82) is 0 Å². The Labute approximate surface area is 103 Å². The Morgan fingerprint density at radius 2 is 2.17 bits per heavy atom. The second-order valence-electron chi connectivity index (χ2n) is 3.48. The molecule has 0 bridgehead atoms. The number of carboxylic acids is 1. The van der Waals surface area contributed by atoms with E-state index in [1.165, 1.54) is 25.1 Å². The summed E-state index contributed by atoms with van der Waals surface area (Å²) in [5.74, 6) is -2.81. The number of nitrogens with two attached hydrogens (primary N) is 1. The fourth-order valence-electron chi connectivity index (χ4n) is 1.21. The van der Waals surface area contributed by atoms with Crippen molar-refractivity contribution in [3.05, 3.63) is 41.2 Å². The van der Waals surface area contributed by atoms with E-state index >= 15 is 0 Å². The number of carboxylic acid groups (broad SMARTS) is 1. The number of primary amides is 1. The van der Waals surface area contributed by atoms with Gasteiger partial charge in [-0.2, -0.15) is 0 Å². The van der Waals surface area contributed by atoms with Gasteiger partial charge in [0.15, 0.2) is 0 Å². The van der Waals surface area contributed by atoms with Crippen molar-refractivity contribution in [2.45, 2.75) is 6.92 Å². The topological polar surface area (TPSA) is 89.6 Å². The number of carbonyl (C=O) groups is 2. The smallest absolute Gasteiger partial charge is 0.331 e. The van der Waals surface area contributed by atoms with Crippen molar-refractivity contribution in [3.63, 3.8) is 0 Å². The van der Waals surface area contributed by atoms with Crippen molar-refractivity contribution in [2.75, 3.05) is 6.61 Å². The lowest BCUT2D eigenvalue weighted by atomic mass is 10.2. The highest BCUT2D eigenvalue weighted by atomic mass is 19.1. The van der Waals surface area contributed by atoms with Crippen LogP contribution in [0.25, 0.3) is 0 Å². The molecule has 18 heavy (non-hydrogen) atoms. The number of halogens is 1. The maximum Gasteiger partial charge on any atom is 0.331 e. The van der Waals surface area contributed by atoms with Gasteiger partial charge in [0.25, 0.3) is 5.91 Å². The fourth-order valence-corrected chi connectivity index (χ4v) is 1.21. The minimum absolute atomic E-state index is 0.0167. The third-order valence-corrected chi connectivity index (χ3v) is 2.19. The van der Waals surface area contributed by atoms with E-state index in [0.717, 1.165) is 6.07 Å². The molecule has 6 heteroatoms. The van der Waals surface area contributed by atoms with Crippen LogP contribution < -0.4 is 10.5 Å². The van der Waals surface area contributed by atoms with Gasteiger partial charge in [-0.3, -0.25) is 4.79 Å². The summed E-state index contributed by atoms with van der Waals surface area (Å²) in [5.41, 5.74) is 4.77. The summed E-state index contributed by atoms with van der Waals surface area (Å²) >= 11 is 0. The van der Waals surface area contributed by atoms with Crippen LogP contribution in [0.3, 0.4) is 0 Å². The SMILES string of the molecule is CC(=CCOc1cccc(F)c1C(N)=O)C(=O)O. The first-order valence-corrected chi connectivity index (χ1v) is 5.04. The van der Waals surface area contributed by atoms with Crippen LogP contribution in [0.15, 0.2) is 29.8 Å². The van der Waals surface area contributed by atoms with E-state index in [-0.39, 0.29) is 23.5 Å². The molecule has 0 saturated carbocycles. The van der Waals surface area contributed by atoms with Gasteiger partial charge in [-0.1, -0.05) is 6.07 Å². The largest absolute Gasteiger partial charge is 0.489 e. The van der Waals surface area contributed by atoms with E-state index in [1.807, 2.05) is 0 Å². The standard InChI is InChI=1S/C12H12FNO4/c1-7(12(16)17)5-6-18-9-4-2-3-8(13)10(9)11(14)15/h2-5H,6H2,1H3,(H2,14,15)(H,16,17). The molecule has 96 valence electrons. The number of hydrogen-bond donors (Lipinski definition) is 2. The fraction of sp³-hybridized carbons (Fsp3) is 0.167. The number of carbonyl (C=O) groups excluding carboxylic acids is 1. The molecule has 3 N–H and O–H groups in total. The number of ether oxygens (including phenoxy) is 1. The van der Waals surface area contributed by atoms with Gasteiger partial charge < -0.3 is 15.6 Å². The average Bonchev–Trinajstić information content (AvgIpc) is 2.28. The number of rotatable bonds is 5. The lowest BCUT2D eigenvalue weighted by Crippen LogP contribution is -2.15. The zero-order valence-electron chi connectivity index (χ0n) is 9.64. The number of aliphatic carboxylic acids is 1. The van der Waals surface area contributed by atoms with Gasteiger partial charge in [0.2, 0.25) is 0 Å². The van der Waals surface area contributed by atoms with Crippen molar-refractivity contribution in [2.24, 2.45) is 5.73 Å². The quantitative estimate of drug-likeness (QED) is 0.775. The molecule has 1 amide bonds. The molecular formula is C12H12FNO4. The molecule has 0 saturated heterocycles. The summed E-state index contributed by atoms with van der Waals surface area (Å²) in [7, 11) is 0. The van der Waals surface area contributed by atoms with E-state index in [2.05, 4.69) is 0 Å². The van der Waals surface area contributed by atoms with Gasteiger partial charge in [-0.05, 0) is 25.1 Å². The number of benzene rings is 1. The summed E-state index contributed by atoms with van der Waals surface area (Å²) in [6, 6.07) is 3.84. The predicted octanol–water partition coefficient (Wildman–Crippen LogP) is 1.33. The van der Waals surface area contributed by atoms with Crippen LogP contribution in [0, 0.1) is 5.82 Å². The summed E-state index contributed by atoms with van der Waals surface area (Å²) in [5, 5.41) is 8.61. The number of amides is 1. The van der Waals surface area contributed by atoms with Crippen molar-refractivity contribution < 1.29 is 23.8 Å². The van der Waals surface area contributed by atoms with Crippen molar-refractivity contribution in [3.8, 4) is 5.75 Å². The third kappa shape index (κ3) is 3.31. The van der Waals surface area contributed by atoms with Crippen molar-refractivity contribution >= 4 is 11.9 Å². The average molecular weight is 253 g/mol. The lowest BCUT2D eigenvalue weighted by Gasteiger charge is -2.08. The first-order chi connectivity index (χ1) is 8.43. The molecular weight excluding hydrogens is 241 g/mol. The molecule has 1 aromatic carbocycles. The molecule has 0 aliphatic rings. The molecule has 5 nitrogen and oxygen atoms in total. The summed E-state index contributed by atoms with van der Waals surface area (Å²) in [4.78, 5) is 21.6. The van der Waals surface area contributed by atoms with Gasteiger partial charge in [-0.15, -0.1) is 0 Å². The molecule has 1 rings (SSSR count). The normalized spacial score (nSPS) is 11.1. The van der Waals surface area contributed by atoms with Gasteiger partial charge in [0, 0.05) is 5.57 Å². The molecule has 0 radical (unpaired) electrons. The molecule has 0 heterocycles. The monoisotopic (exact) mass is 253 g/mol. The number of hydrogen-bond acceptors (Lipinski definition) is 3. The highest BCUT2D eigenvalue weighted by molar-refractivity contribution is 5.95. The van der Waals surface area contributed by atoms with Gasteiger partial charge in [0.1, 0.15) is 23.7 Å². The Balaban J connectivity index is 2.86. The molecule has 0 aliphatic carbocycles. The first-order valence-electron chi connectivity index (χ1n) is 5.04. The molecule has 0 spiro atoms. The zero-order chi connectivity index (χ0) is 13.7. The maximum absolute atomic E-state index is 13.3. The second-order valence-corrected chi connectivity index (χ2v) is 3.48. The Morgan fingerprint density at radius 1 is 1.50 bits per heavy atom. The third-order valence-electron chi connectivity index (χ3n) is 2.19. The zero-order valence-corrected chi connectivity index (χ0v) is 9.64. The van der Waals surface area contributed by atoms with E-state index in [9.17, 15) is 14.0 Å². The van der Waals surface area contributed by atoms with Crippen LogP contribution >= 0.6 is 0 Å². The molecule has 0 fully saturated rings. The first kappa shape index (κ1) is 13.7. The van der Waals surface area contributed by atoms with Crippen LogP contribution in [0.2, 0.25) is 0 Å². The van der Waals surface area contributed by atoms with Crippen LogP contribution in [-0.4, -0.2) is 23.6 Å².